The predicted molar refractivity (Wildman–Crippen MR) is 128 cm³/mol. The van der Waals surface area contributed by atoms with E-state index in [0.717, 1.165) is 24.8 Å². The zero-order chi connectivity index (χ0) is 19.1. The van der Waals surface area contributed by atoms with E-state index in [2.05, 4.69) is 54.6 Å². The molecule has 2 N–H and O–H groups in total. The lowest BCUT2D eigenvalue weighted by Gasteiger charge is -2.18. The van der Waals surface area contributed by atoms with Gasteiger partial charge in [0.1, 0.15) is 5.75 Å². The second-order valence-electron chi connectivity index (χ2n) is 8.13. The average molecular weight is 500 g/mol. The Hall–Kier alpha value is -1.02. The van der Waals surface area contributed by atoms with Gasteiger partial charge in [-0.15, -0.1) is 24.0 Å². The Morgan fingerprint density at radius 2 is 2.00 bits per heavy atom. The van der Waals surface area contributed by atoms with Gasteiger partial charge in [-0.25, -0.2) is 4.99 Å². The molecule has 1 saturated heterocycles. The van der Waals surface area contributed by atoms with Crippen LogP contribution in [0.1, 0.15) is 50.2 Å². The summed E-state index contributed by atoms with van der Waals surface area (Å²) in [6.45, 7) is 9.10. The van der Waals surface area contributed by atoms with Crippen LogP contribution in [0.2, 0.25) is 0 Å². The highest BCUT2D eigenvalue weighted by molar-refractivity contribution is 14.0. The van der Waals surface area contributed by atoms with E-state index in [1.807, 2.05) is 0 Å². The Kier molecular flexibility index (Phi) is 9.85. The van der Waals surface area contributed by atoms with Crippen molar-refractivity contribution in [3.63, 3.8) is 0 Å². The number of halogens is 1. The largest absolute Gasteiger partial charge is 0.490 e. The van der Waals surface area contributed by atoms with Crippen molar-refractivity contribution in [3.05, 3.63) is 29.3 Å². The van der Waals surface area contributed by atoms with E-state index in [-0.39, 0.29) is 24.0 Å². The van der Waals surface area contributed by atoms with Crippen LogP contribution in [0.4, 0.5) is 0 Å². The van der Waals surface area contributed by atoms with E-state index in [4.69, 9.17) is 9.73 Å². The molecule has 0 bridgehead atoms. The van der Waals surface area contributed by atoms with Crippen molar-refractivity contribution in [1.29, 1.82) is 0 Å². The number of ether oxygens (including phenoxy) is 1. The van der Waals surface area contributed by atoms with Crippen LogP contribution in [-0.4, -0.2) is 50.2 Å². The van der Waals surface area contributed by atoms with Crippen molar-refractivity contribution >= 4 is 29.9 Å². The average Bonchev–Trinajstić information content (AvgIpc) is 3.30. The Bertz CT molecular complexity index is 631. The normalized spacial score (nSPS) is 20.8. The number of hydrogen-bond donors (Lipinski definition) is 2. The number of nitrogens with one attached hydrogen (secondary N) is 2. The van der Waals surface area contributed by atoms with Crippen LogP contribution >= 0.6 is 24.0 Å². The number of rotatable bonds is 7. The highest BCUT2D eigenvalue weighted by Crippen LogP contribution is 2.28. The first-order chi connectivity index (χ1) is 13.1. The third-order valence-corrected chi connectivity index (χ3v) is 5.62. The molecule has 2 fully saturated rings. The number of benzene rings is 1. The molecule has 2 aliphatic rings. The fraction of sp³-hybridized carbons (Fsp3) is 0.682. The van der Waals surface area contributed by atoms with Gasteiger partial charge in [0.25, 0.3) is 0 Å². The van der Waals surface area contributed by atoms with Gasteiger partial charge in [0, 0.05) is 25.2 Å². The van der Waals surface area contributed by atoms with E-state index >= 15 is 0 Å². The summed E-state index contributed by atoms with van der Waals surface area (Å²) in [4.78, 5) is 7.23. The molecule has 0 spiro atoms. The molecule has 5 nitrogen and oxygen atoms in total. The van der Waals surface area contributed by atoms with Crippen molar-refractivity contribution in [1.82, 2.24) is 15.5 Å². The first-order valence-corrected chi connectivity index (χ1v) is 10.6. The molecule has 158 valence electrons. The van der Waals surface area contributed by atoms with Gasteiger partial charge in [-0.05, 0) is 77.1 Å². The van der Waals surface area contributed by atoms with Gasteiger partial charge in [0.2, 0.25) is 0 Å². The van der Waals surface area contributed by atoms with Crippen LogP contribution in [0.15, 0.2) is 23.2 Å². The monoisotopic (exact) mass is 500 g/mol. The summed E-state index contributed by atoms with van der Waals surface area (Å²) in [7, 11) is 2.20. The Morgan fingerprint density at radius 1 is 1.21 bits per heavy atom. The summed E-state index contributed by atoms with van der Waals surface area (Å²) in [5.74, 6) is 2.62. The zero-order valence-electron chi connectivity index (χ0n) is 17.7. The van der Waals surface area contributed by atoms with Crippen LogP contribution in [0.5, 0.6) is 5.75 Å². The molecule has 1 atom stereocenters. The molecule has 6 heteroatoms. The molecule has 1 unspecified atom stereocenters. The van der Waals surface area contributed by atoms with E-state index in [9.17, 15) is 0 Å². The third kappa shape index (κ3) is 7.10. The molecule has 1 aliphatic carbocycles. The summed E-state index contributed by atoms with van der Waals surface area (Å²) in [6.07, 6.45) is 6.57. The van der Waals surface area contributed by atoms with E-state index in [1.54, 1.807) is 0 Å². The number of likely N-dealkylation sites (tertiary alicyclic amines) is 1. The highest BCUT2D eigenvalue weighted by Gasteiger charge is 2.20. The molecule has 1 aromatic rings. The summed E-state index contributed by atoms with van der Waals surface area (Å²) in [5, 5.41) is 6.91. The van der Waals surface area contributed by atoms with Gasteiger partial charge in [0.05, 0.1) is 12.6 Å². The molecule has 0 radical (unpaired) electrons. The summed E-state index contributed by atoms with van der Waals surface area (Å²) < 4.78 is 6.32. The molecule has 0 aromatic heterocycles. The molecule has 28 heavy (non-hydrogen) atoms. The van der Waals surface area contributed by atoms with Crippen molar-refractivity contribution in [2.45, 2.75) is 58.6 Å². The molecular weight excluding hydrogens is 463 g/mol. The minimum absolute atomic E-state index is 0. The standard InChI is InChI=1S/C22H36N4O.HI/c1-4-23-22(24-14-18-11-12-26(3)16-18)25-15-19-10-9-17(2)13-21(19)27-20-7-5-6-8-20;/h9-10,13,18,20H,4-8,11-12,14-16H2,1-3H3,(H2,23,24,25);1H. The van der Waals surface area contributed by atoms with Gasteiger partial charge < -0.3 is 20.3 Å². The first-order valence-electron chi connectivity index (χ1n) is 10.6. The van der Waals surface area contributed by atoms with Crippen LogP contribution in [0, 0.1) is 12.8 Å². The van der Waals surface area contributed by atoms with Gasteiger partial charge in [-0.2, -0.15) is 0 Å². The van der Waals surface area contributed by atoms with Crippen LogP contribution in [0.3, 0.4) is 0 Å². The quantitative estimate of drug-likeness (QED) is 0.338. The SMILES string of the molecule is CCNC(=NCc1ccc(C)cc1OC1CCCC1)NCC1CCN(C)C1.I. The smallest absolute Gasteiger partial charge is 0.191 e. The molecule has 0 amide bonds. The molecule has 1 saturated carbocycles. The maximum Gasteiger partial charge on any atom is 0.191 e. The van der Waals surface area contributed by atoms with E-state index in [1.165, 1.54) is 56.3 Å². The minimum Gasteiger partial charge on any atom is -0.490 e. The highest BCUT2D eigenvalue weighted by atomic mass is 127. The number of guanidine groups is 1. The number of nitrogens with zero attached hydrogens (tertiary/aromatic N) is 2. The maximum atomic E-state index is 6.32. The second kappa shape index (κ2) is 11.9. The summed E-state index contributed by atoms with van der Waals surface area (Å²) >= 11 is 0. The van der Waals surface area contributed by atoms with Crippen molar-refractivity contribution in [3.8, 4) is 5.75 Å². The molecule has 1 aromatic carbocycles. The molecule has 3 rings (SSSR count). The van der Waals surface area contributed by atoms with Crippen LogP contribution < -0.4 is 15.4 Å². The predicted octanol–water partition coefficient (Wildman–Crippen LogP) is 3.94. The zero-order valence-corrected chi connectivity index (χ0v) is 20.0. The Labute approximate surface area is 187 Å². The Balaban J connectivity index is 0.00000280. The van der Waals surface area contributed by atoms with E-state index in [0.29, 0.717) is 18.6 Å². The second-order valence-corrected chi connectivity index (χ2v) is 8.13. The minimum atomic E-state index is 0. The topological polar surface area (TPSA) is 48.9 Å². The Morgan fingerprint density at radius 3 is 2.68 bits per heavy atom. The molecule has 1 aliphatic heterocycles. The van der Waals surface area contributed by atoms with Crippen molar-refractivity contribution in [2.75, 3.05) is 33.2 Å². The fourth-order valence-corrected chi connectivity index (χ4v) is 4.03. The number of aryl methyl sites for hydroxylation is 1. The summed E-state index contributed by atoms with van der Waals surface area (Å²) in [6, 6.07) is 6.48. The van der Waals surface area contributed by atoms with E-state index < -0.39 is 0 Å². The lowest BCUT2D eigenvalue weighted by molar-refractivity contribution is 0.208. The van der Waals surface area contributed by atoms with Gasteiger partial charge in [0.15, 0.2) is 5.96 Å². The first kappa shape index (κ1) is 23.3. The summed E-state index contributed by atoms with van der Waals surface area (Å²) in [5.41, 5.74) is 2.41. The van der Waals surface area contributed by atoms with Crippen LogP contribution in [-0.2, 0) is 6.54 Å². The van der Waals surface area contributed by atoms with Gasteiger partial charge in [-0.1, -0.05) is 12.1 Å². The molecule has 1 heterocycles. The lowest BCUT2D eigenvalue weighted by atomic mass is 10.1. The van der Waals surface area contributed by atoms with Crippen molar-refractivity contribution < 1.29 is 4.74 Å². The number of hydrogen-bond acceptors (Lipinski definition) is 3. The van der Waals surface area contributed by atoms with Gasteiger partial charge in [-0.3, -0.25) is 0 Å². The number of aliphatic imine (C=N–C) groups is 1. The third-order valence-electron chi connectivity index (χ3n) is 5.62. The van der Waals surface area contributed by atoms with Crippen molar-refractivity contribution in [2.24, 2.45) is 10.9 Å². The van der Waals surface area contributed by atoms with Crippen LogP contribution in [0.25, 0.3) is 0 Å². The lowest BCUT2D eigenvalue weighted by Crippen LogP contribution is -2.40. The van der Waals surface area contributed by atoms with Gasteiger partial charge >= 0.3 is 0 Å². The fourth-order valence-electron chi connectivity index (χ4n) is 4.03. The molecular formula is C22H37IN4O. The maximum absolute atomic E-state index is 6.32.